The molecule has 3 rings (SSSR count). The van der Waals surface area contributed by atoms with Crippen molar-refractivity contribution in [1.29, 1.82) is 0 Å². The van der Waals surface area contributed by atoms with Gasteiger partial charge < -0.3 is 14.2 Å². The van der Waals surface area contributed by atoms with Crippen molar-refractivity contribution in [3.63, 3.8) is 0 Å². The maximum Gasteiger partial charge on any atom is 0.242 e. The van der Waals surface area contributed by atoms with Crippen molar-refractivity contribution in [2.75, 3.05) is 26.3 Å². The lowest BCUT2D eigenvalue weighted by atomic mass is 10.1. The van der Waals surface area contributed by atoms with Crippen LogP contribution >= 0.6 is 0 Å². The van der Waals surface area contributed by atoms with Gasteiger partial charge in [0.1, 0.15) is 6.54 Å². The normalized spacial score (nSPS) is 15.5. The zero-order valence-corrected chi connectivity index (χ0v) is 11.1. The van der Waals surface area contributed by atoms with Gasteiger partial charge in [0, 0.05) is 30.2 Å². The molecule has 0 aliphatic carbocycles. The van der Waals surface area contributed by atoms with Crippen molar-refractivity contribution in [1.82, 2.24) is 9.47 Å². The Labute approximate surface area is 116 Å². The number of aromatic nitrogens is 1. The fourth-order valence-electron chi connectivity index (χ4n) is 2.58. The fraction of sp³-hybridized carbons (Fsp3) is 0.333. The Morgan fingerprint density at radius 1 is 1.25 bits per heavy atom. The Morgan fingerprint density at radius 3 is 2.80 bits per heavy atom. The van der Waals surface area contributed by atoms with Crippen LogP contribution in [0.1, 0.15) is 10.4 Å². The summed E-state index contributed by atoms with van der Waals surface area (Å²) in [7, 11) is 0. The van der Waals surface area contributed by atoms with E-state index in [1.54, 1.807) is 11.0 Å². The molecule has 2 aromatic rings. The SMILES string of the molecule is O=Cc1cccc2ccn(CC(=O)N3CCOCC3)c12. The first-order valence-corrected chi connectivity index (χ1v) is 6.68. The smallest absolute Gasteiger partial charge is 0.242 e. The van der Waals surface area contributed by atoms with E-state index < -0.39 is 0 Å². The molecule has 1 amide bonds. The van der Waals surface area contributed by atoms with Gasteiger partial charge in [0.2, 0.25) is 5.91 Å². The first-order valence-electron chi connectivity index (χ1n) is 6.68. The minimum Gasteiger partial charge on any atom is -0.378 e. The summed E-state index contributed by atoms with van der Waals surface area (Å²) in [5.41, 5.74) is 1.44. The van der Waals surface area contributed by atoms with Gasteiger partial charge in [-0.2, -0.15) is 0 Å². The lowest BCUT2D eigenvalue weighted by molar-refractivity contribution is -0.135. The van der Waals surface area contributed by atoms with E-state index in [-0.39, 0.29) is 12.5 Å². The number of amides is 1. The first kappa shape index (κ1) is 12.9. The second-order valence-corrected chi connectivity index (χ2v) is 4.84. The number of ether oxygens (including phenoxy) is 1. The topological polar surface area (TPSA) is 51.5 Å². The van der Waals surface area contributed by atoms with E-state index in [2.05, 4.69) is 0 Å². The molecule has 0 spiro atoms. The summed E-state index contributed by atoms with van der Waals surface area (Å²) < 4.78 is 7.09. The molecule has 0 unspecified atom stereocenters. The minimum absolute atomic E-state index is 0.0616. The number of nitrogens with zero attached hydrogens (tertiary/aromatic N) is 2. The Balaban J connectivity index is 1.87. The minimum atomic E-state index is 0.0616. The van der Waals surface area contributed by atoms with Gasteiger partial charge in [-0.3, -0.25) is 9.59 Å². The third kappa shape index (κ3) is 2.32. The highest BCUT2D eigenvalue weighted by Gasteiger charge is 2.18. The van der Waals surface area contributed by atoms with Crippen LogP contribution in [0.4, 0.5) is 0 Å². The first-order chi connectivity index (χ1) is 9.79. The number of hydrogen-bond acceptors (Lipinski definition) is 3. The van der Waals surface area contributed by atoms with Gasteiger partial charge >= 0.3 is 0 Å². The van der Waals surface area contributed by atoms with Gasteiger partial charge in [0.05, 0.1) is 18.7 Å². The molecule has 104 valence electrons. The molecular formula is C15H16N2O3. The van der Waals surface area contributed by atoms with Gasteiger partial charge in [0.25, 0.3) is 0 Å². The molecule has 1 aliphatic heterocycles. The van der Waals surface area contributed by atoms with E-state index in [9.17, 15) is 9.59 Å². The van der Waals surface area contributed by atoms with Crippen LogP contribution in [0.15, 0.2) is 30.5 Å². The van der Waals surface area contributed by atoms with Gasteiger partial charge in [0.15, 0.2) is 6.29 Å². The third-order valence-electron chi connectivity index (χ3n) is 3.62. The van der Waals surface area contributed by atoms with Crippen molar-refractivity contribution in [3.05, 3.63) is 36.0 Å². The van der Waals surface area contributed by atoms with Crippen molar-refractivity contribution in [2.24, 2.45) is 0 Å². The van der Waals surface area contributed by atoms with Crippen molar-refractivity contribution in [2.45, 2.75) is 6.54 Å². The monoisotopic (exact) mass is 272 g/mol. The molecule has 1 aromatic carbocycles. The molecule has 0 radical (unpaired) electrons. The van der Waals surface area contributed by atoms with Crippen LogP contribution in [0, 0.1) is 0 Å². The van der Waals surface area contributed by atoms with E-state index in [4.69, 9.17) is 4.74 Å². The summed E-state index contributed by atoms with van der Waals surface area (Å²) in [6.07, 6.45) is 2.69. The van der Waals surface area contributed by atoms with Crippen molar-refractivity contribution < 1.29 is 14.3 Å². The number of aldehydes is 1. The average molecular weight is 272 g/mol. The highest BCUT2D eigenvalue weighted by atomic mass is 16.5. The summed E-state index contributed by atoms with van der Waals surface area (Å²) >= 11 is 0. The molecule has 0 N–H and O–H groups in total. The van der Waals surface area contributed by atoms with Crippen LogP contribution in [0.5, 0.6) is 0 Å². The molecule has 5 nitrogen and oxygen atoms in total. The predicted molar refractivity (Wildman–Crippen MR) is 74.7 cm³/mol. The van der Waals surface area contributed by atoms with E-state index in [1.165, 1.54) is 0 Å². The van der Waals surface area contributed by atoms with Crippen molar-refractivity contribution in [3.8, 4) is 0 Å². The Kier molecular flexibility index (Phi) is 3.52. The number of carbonyl (C=O) groups is 2. The highest BCUT2D eigenvalue weighted by Crippen LogP contribution is 2.19. The van der Waals surface area contributed by atoms with Crippen molar-refractivity contribution >= 4 is 23.1 Å². The largest absolute Gasteiger partial charge is 0.378 e. The maximum absolute atomic E-state index is 12.3. The van der Waals surface area contributed by atoms with Gasteiger partial charge in [-0.1, -0.05) is 12.1 Å². The Morgan fingerprint density at radius 2 is 2.05 bits per heavy atom. The van der Waals surface area contributed by atoms with E-state index >= 15 is 0 Å². The molecule has 1 fully saturated rings. The molecular weight excluding hydrogens is 256 g/mol. The van der Waals surface area contributed by atoms with E-state index in [0.717, 1.165) is 17.2 Å². The zero-order chi connectivity index (χ0) is 13.9. The summed E-state index contributed by atoms with van der Waals surface area (Å²) in [6.45, 7) is 2.72. The molecule has 20 heavy (non-hydrogen) atoms. The van der Waals surface area contributed by atoms with Crippen LogP contribution in [0.25, 0.3) is 10.9 Å². The number of morpholine rings is 1. The summed E-state index contributed by atoms with van der Waals surface area (Å²) in [4.78, 5) is 25.2. The van der Waals surface area contributed by atoms with E-state index in [0.29, 0.717) is 31.9 Å². The molecule has 0 bridgehead atoms. The molecule has 1 saturated heterocycles. The van der Waals surface area contributed by atoms with Crippen LogP contribution in [-0.4, -0.2) is 48.0 Å². The fourth-order valence-corrected chi connectivity index (χ4v) is 2.58. The second-order valence-electron chi connectivity index (χ2n) is 4.84. The van der Waals surface area contributed by atoms with Crippen LogP contribution < -0.4 is 0 Å². The summed E-state index contributed by atoms with van der Waals surface area (Å²) in [5, 5.41) is 0.976. The number of para-hydroxylation sites is 1. The zero-order valence-electron chi connectivity index (χ0n) is 11.1. The third-order valence-corrected chi connectivity index (χ3v) is 3.62. The molecule has 0 atom stereocenters. The number of carbonyl (C=O) groups excluding carboxylic acids is 2. The lowest BCUT2D eigenvalue weighted by Crippen LogP contribution is -2.42. The van der Waals surface area contributed by atoms with Crippen LogP contribution in [-0.2, 0) is 16.1 Å². The standard InChI is InChI=1S/C15H16N2O3/c18-11-13-3-1-2-12-4-5-17(15(12)13)10-14(19)16-6-8-20-9-7-16/h1-5,11H,6-10H2. The number of benzene rings is 1. The van der Waals surface area contributed by atoms with Gasteiger partial charge in [-0.25, -0.2) is 0 Å². The maximum atomic E-state index is 12.3. The summed E-state index contributed by atoms with van der Waals surface area (Å²) in [6, 6.07) is 7.48. The lowest BCUT2D eigenvalue weighted by Gasteiger charge is -2.27. The summed E-state index contributed by atoms with van der Waals surface area (Å²) in [5.74, 6) is 0.0616. The quantitative estimate of drug-likeness (QED) is 0.792. The molecule has 2 heterocycles. The van der Waals surface area contributed by atoms with Crippen LogP contribution in [0.3, 0.4) is 0 Å². The number of hydrogen-bond donors (Lipinski definition) is 0. The Bertz CT molecular complexity index is 642. The molecule has 1 aliphatic rings. The van der Waals surface area contributed by atoms with Gasteiger partial charge in [-0.05, 0) is 12.1 Å². The highest BCUT2D eigenvalue weighted by molar-refractivity contribution is 5.97. The number of rotatable bonds is 3. The molecule has 1 aromatic heterocycles. The number of fused-ring (bicyclic) bond motifs is 1. The Hall–Kier alpha value is -2.14. The van der Waals surface area contributed by atoms with E-state index in [1.807, 2.05) is 29.0 Å². The second kappa shape index (κ2) is 5.46. The predicted octanol–water partition coefficient (Wildman–Crippen LogP) is 1.31. The van der Waals surface area contributed by atoms with Gasteiger partial charge in [-0.15, -0.1) is 0 Å². The van der Waals surface area contributed by atoms with Crippen LogP contribution in [0.2, 0.25) is 0 Å². The average Bonchev–Trinajstić information content (AvgIpc) is 2.91. The molecule has 5 heteroatoms. The molecule has 0 saturated carbocycles.